The van der Waals surface area contributed by atoms with Crippen LogP contribution in [0.1, 0.15) is 37.9 Å². The number of benzene rings is 1. The minimum atomic E-state index is 0.0561. The summed E-state index contributed by atoms with van der Waals surface area (Å²) >= 11 is 1.69. The molecule has 0 aromatic heterocycles. The largest absolute Gasteiger partial charge is 0.396 e. The lowest BCUT2D eigenvalue weighted by molar-refractivity contribution is 0.322. The molecule has 0 bridgehead atoms. The van der Waals surface area contributed by atoms with Crippen molar-refractivity contribution in [1.29, 1.82) is 0 Å². The first-order valence-corrected chi connectivity index (χ1v) is 7.15. The molecule has 1 atom stereocenters. The SMILES string of the molecule is CC(C)(C)c1ccc(C(N)CSCCO)cc1. The van der Waals surface area contributed by atoms with E-state index in [9.17, 15) is 0 Å². The van der Waals surface area contributed by atoms with Gasteiger partial charge in [-0.25, -0.2) is 0 Å². The lowest BCUT2D eigenvalue weighted by atomic mass is 9.86. The van der Waals surface area contributed by atoms with Crippen molar-refractivity contribution in [3.8, 4) is 0 Å². The summed E-state index contributed by atoms with van der Waals surface area (Å²) in [6.07, 6.45) is 0. The van der Waals surface area contributed by atoms with Crippen LogP contribution in [0.2, 0.25) is 0 Å². The zero-order valence-electron chi connectivity index (χ0n) is 10.9. The number of rotatable bonds is 5. The Kier molecular flexibility index (Phi) is 5.50. The molecule has 0 radical (unpaired) electrons. The third-order valence-corrected chi connectivity index (χ3v) is 3.80. The van der Waals surface area contributed by atoms with E-state index in [1.54, 1.807) is 11.8 Å². The average molecular weight is 253 g/mol. The summed E-state index contributed by atoms with van der Waals surface area (Å²) in [5, 5.41) is 8.71. The molecule has 0 saturated carbocycles. The molecule has 1 aromatic rings. The normalized spacial score (nSPS) is 13.7. The predicted octanol–water partition coefficient (Wildman–Crippen LogP) is 2.71. The Bertz CT molecular complexity index is 329. The molecule has 0 aliphatic rings. The fraction of sp³-hybridized carbons (Fsp3) is 0.571. The van der Waals surface area contributed by atoms with Crippen molar-refractivity contribution in [3.63, 3.8) is 0 Å². The molecule has 0 heterocycles. The van der Waals surface area contributed by atoms with Crippen LogP contribution in [-0.4, -0.2) is 23.2 Å². The summed E-state index contributed by atoms with van der Waals surface area (Å²) in [7, 11) is 0. The Hall–Kier alpha value is -0.510. The van der Waals surface area contributed by atoms with E-state index in [4.69, 9.17) is 10.8 Å². The van der Waals surface area contributed by atoms with Crippen LogP contribution >= 0.6 is 11.8 Å². The molecule has 0 fully saturated rings. The van der Waals surface area contributed by atoms with Gasteiger partial charge in [0.1, 0.15) is 0 Å². The first-order valence-electron chi connectivity index (χ1n) is 6.00. The summed E-state index contributed by atoms with van der Waals surface area (Å²) in [6, 6.07) is 8.61. The lowest BCUT2D eigenvalue weighted by Gasteiger charge is -2.20. The molecule has 17 heavy (non-hydrogen) atoms. The number of thioether (sulfide) groups is 1. The second-order valence-corrected chi connectivity index (χ2v) is 6.43. The summed E-state index contributed by atoms with van der Waals surface area (Å²) in [4.78, 5) is 0. The van der Waals surface area contributed by atoms with E-state index in [0.717, 1.165) is 11.5 Å². The van der Waals surface area contributed by atoms with Gasteiger partial charge in [-0.15, -0.1) is 0 Å². The fourth-order valence-corrected chi connectivity index (χ4v) is 2.34. The number of hydrogen-bond donors (Lipinski definition) is 2. The summed E-state index contributed by atoms with van der Waals surface area (Å²) < 4.78 is 0. The highest BCUT2D eigenvalue weighted by Crippen LogP contribution is 2.24. The van der Waals surface area contributed by atoms with Crippen molar-refractivity contribution in [1.82, 2.24) is 0 Å². The fourth-order valence-electron chi connectivity index (χ4n) is 1.60. The van der Waals surface area contributed by atoms with Gasteiger partial charge in [-0.05, 0) is 16.5 Å². The smallest absolute Gasteiger partial charge is 0.0521 e. The Morgan fingerprint density at radius 3 is 2.29 bits per heavy atom. The molecule has 1 aromatic carbocycles. The second kappa shape index (κ2) is 6.43. The van der Waals surface area contributed by atoms with E-state index in [2.05, 4.69) is 45.0 Å². The zero-order valence-corrected chi connectivity index (χ0v) is 11.8. The van der Waals surface area contributed by atoms with Gasteiger partial charge < -0.3 is 10.8 Å². The molecular weight excluding hydrogens is 230 g/mol. The van der Waals surface area contributed by atoms with Gasteiger partial charge in [-0.3, -0.25) is 0 Å². The molecule has 3 N–H and O–H groups in total. The Morgan fingerprint density at radius 2 is 1.82 bits per heavy atom. The molecule has 0 saturated heterocycles. The molecule has 2 nitrogen and oxygen atoms in total. The van der Waals surface area contributed by atoms with Crippen molar-refractivity contribution < 1.29 is 5.11 Å². The van der Waals surface area contributed by atoms with Crippen LogP contribution < -0.4 is 5.73 Å². The predicted molar refractivity (Wildman–Crippen MR) is 76.5 cm³/mol. The quantitative estimate of drug-likeness (QED) is 0.793. The van der Waals surface area contributed by atoms with Crippen LogP contribution in [0.5, 0.6) is 0 Å². The van der Waals surface area contributed by atoms with Crippen molar-refractivity contribution in [2.45, 2.75) is 32.2 Å². The van der Waals surface area contributed by atoms with Crippen LogP contribution in [0.4, 0.5) is 0 Å². The Balaban J connectivity index is 2.61. The van der Waals surface area contributed by atoms with Crippen LogP contribution in [0, 0.1) is 0 Å². The van der Waals surface area contributed by atoms with Crippen molar-refractivity contribution in [2.24, 2.45) is 5.73 Å². The standard InChI is InChI=1S/C14H23NOS/c1-14(2,3)12-6-4-11(5-7-12)13(15)10-17-9-8-16/h4-7,13,16H,8-10,15H2,1-3H3. The van der Waals surface area contributed by atoms with Crippen LogP contribution in [0.3, 0.4) is 0 Å². The van der Waals surface area contributed by atoms with Crippen molar-refractivity contribution in [2.75, 3.05) is 18.1 Å². The maximum absolute atomic E-state index is 8.71. The molecule has 3 heteroatoms. The van der Waals surface area contributed by atoms with Crippen molar-refractivity contribution in [3.05, 3.63) is 35.4 Å². The number of aliphatic hydroxyl groups excluding tert-OH is 1. The van der Waals surface area contributed by atoms with Crippen LogP contribution in [0.25, 0.3) is 0 Å². The minimum absolute atomic E-state index is 0.0561. The van der Waals surface area contributed by atoms with E-state index < -0.39 is 0 Å². The highest BCUT2D eigenvalue weighted by molar-refractivity contribution is 7.99. The monoisotopic (exact) mass is 253 g/mol. The molecule has 0 amide bonds. The minimum Gasteiger partial charge on any atom is -0.396 e. The molecule has 1 unspecified atom stereocenters. The van der Waals surface area contributed by atoms with Crippen molar-refractivity contribution >= 4 is 11.8 Å². The Labute approximate surface area is 109 Å². The number of nitrogens with two attached hydrogens (primary N) is 1. The second-order valence-electron chi connectivity index (χ2n) is 5.28. The van der Waals surface area contributed by atoms with Gasteiger partial charge in [0, 0.05) is 17.5 Å². The maximum Gasteiger partial charge on any atom is 0.0521 e. The van der Waals surface area contributed by atoms with Gasteiger partial charge in [-0.1, -0.05) is 45.0 Å². The number of aliphatic hydroxyl groups is 1. The van der Waals surface area contributed by atoms with Gasteiger partial charge >= 0.3 is 0 Å². The highest BCUT2D eigenvalue weighted by atomic mass is 32.2. The zero-order chi connectivity index (χ0) is 12.9. The van der Waals surface area contributed by atoms with E-state index in [1.807, 2.05) is 0 Å². The maximum atomic E-state index is 8.71. The van der Waals surface area contributed by atoms with Crippen LogP contribution in [0.15, 0.2) is 24.3 Å². The number of hydrogen-bond acceptors (Lipinski definition) is 3. The Morgan fingerprint density at radius 1 is 1.24 bits per heavy atom. The first-order chi connectivity index (χ1) is 7.95. The summed E-state index contributed by atoms with van der Waals surface area (Å²) in [6.45, 7) is 6.84. The van der Waals surface area contributed by atoms with E-state index >= 15 is 0 Å². The third-order valence-electron chi connectivity index (χ3n) is 2.74. The van der Waals surface area contributed by atoms with Gasteiger partial charge in [0.05, 0.1) is 6.61 Å². The van der Waals surface area contributed by atoms with Crippen LogP contribution in [-0.2, 0) is 5.41 Å². The topological polar surface area (TPSA) is 46.2 Å². The summed E-state index contributed by atoms with van der Waals surface area (Å²) in [5.74, 6) is 1.61. The lowest BCUT2D eigenvalue weighted by Crippen LogP contribution is -2.15. The van der Waals surface area contributed by atoms with Gasteiger partial charge in [0.25, 0.3) is 0 Å². The third kappa shape index (κ3) is 4.70. The average Bonchev–Trinajstić information content (AvgIpc) is 2.28. The van der Waals surface area contributed by atoms with Gasteiger partial charge in [0.2, 0.25) is 0 Å². The van der Waals surface area contributed by atoms with E-state index in [-0.39, 0.29) is 18.1 Å². The molecule has 96 valence electrons. The first kappa shape index (κ1) is 14.6. The molecule has 1 rings (SSSR count). The molecule has 0 spiro atoms. The van der Waals surface area contributed by atoms with E-state index in [1.165, 1.54) is 11.1 Å². The molecule has 0 aliphatic carbocycles. The highest BCUT2D eigenvalue weighted by Gasteiger charge is 2.14. The summed E-state index contributed by atoms with van der Waals surface area (Å²) in [5.41, 5.74) is 8.78. The van der Waals surface area contributed by atoms with Gasteiger partial charge in [0.15, 0.2) is 0 Å². The van der Waals surface area contributed by atoms with E-state index in [0.29, 0.717) is 0 Å². The molecule has 0 aliphatic heterocycles. The van der Waals surface area contributed by atoms with Gasteiger partial charge in [-0.2, -0.15) is 11.8 Å². The molecular formula is C14H23NOS.